The van der Waals surface area contributed by atoms with E-state index in [9.17, 15) is 10.4 Å². The van der Waals surface area contributed by atoms with Gasteiger partial charge in [-0.25, -0.2) is 0 Å². The summed E-state index contributed by atoms with van der Waals surface area (Å²) in [6, 6.07) is 0.564. The van der Waals surface area contributed by atoms with Gasteiger partial charge in [-0.05, 0) is 74.7 Å². The van der Waals surface area contributed by atoms with Crippen LogP contribution in [0.1, 0.15) is 74.7 Å². The number of nitrogens with one attached hydrogen (secondary N) is 1. The molecule has 0 amide bonds. The molecule has 0 spiro atoms. The van der Waals surface area contributed by atoms with E-state index in [0.29, 0.717) is 6.04 Å². The SMILES string of the molecule is CC1(C)CC(NC2CC(C)(C)N(O)C2(C)C)CC(C)(C)N1O. The molecule has 2 rings (SSSR count). The summed E-state index contributed by atoms with van der Waals surface area (Å²) in [6.07, 6.45) is 2.70. The van der Waals surface area contributed by atoms with E-state index in [-0.39, 0.29) is 28.2 Å². The lowest BCUT2D eigenvalue weighted by molar-refractivity contribution is -0.247. The lowest BCUT2D eigenvalue weighted by Gasteiger charge is -2.52. The summed E-state index contributed by atoms with van der Waals surface area (Å²) in [6.45, 7) is 16.7. The normalized spacial score (nSPS) is 34.9. The molecule has 22 heavy (non-hydrogen) atoms. The van der Waals surface area contributed by atoms with E-state index in [2.05, 4.69) is 60.7 Å². The first-order valence-corrected chi connectivity index (χ1v) is 8.45. The van der Waals surface area contributed by atoms with Crippen molar-refractivity contribution in [1.29, 1.82) is 0 Å². The van der Waals surface area contributed by atoms with Gasteiger partial charge >= 0.3 is 0 Å². The van der Waals surface area contributed by atoms with Crippen molar-refractivity contribution in [1.82, 2.24) is 15.4 Å². The van der Waals surface area contributed by atoms with Crippen molar-refractivity contribution in [2.75, 3.05) is 0 Å². The minimum Gasteiger partial charge on any atom is -0.313 e. The van der Waals surface area contributed by atoms with Gasteiger partial charge in [0.25, 0.3) is 0 Å². The maximum absolute atomic E-state index is 10.5. The Labute approximate surface area is 135 Å². The Morgan fingerprint density at radius 2 is 1.14 bits per heavy atom. The zero-order valence-corrected chi connectivity index (χ0v) is 15.6. The third kappa shape index (κ3) is 2.94. The highest BCUT2D eigenvalue weighted by Gasteiger charge is 2.53. The smallest absolute Gasteiger partial charge is 0.0563 e. The molecule has 2 aliphatic rings. The first-order chi connectivity index (χ1) is 9.70. The zero-order chi connectivity index (χ0) is 17.1. The quantitative estimate of drug-likeness (QED) is 0.731. The van der Waals surface area contributed by atoms with Crippen molar-refractivity contribution in [3.8, 4) is 0 Å². The molecule has 0 saturated carbocycles. The Morgan fingerprint density at radius 3 is 1.50 bits per heavy atom. The molecular weight excluding hydrogens is 278 g/mol. The van der Waals surface area contributed by atoms with Crippen LogP contribution in [0, 0.1) is 0 Å². The molecule has 2 heterocycles. The maximum atomic E-state index is 10.5. The van der Waals surface area contributed by atoms with Crippen molar-refractivity contribution in [2.24, 2.45) is 0 Å². The van der Waals surface area contributed by atoms with Gasteiger partial charge in [0.2, 0.25) is 0 Å². The maximum Gasteiger partial charge on any atom is 0.0563 e. The van der Waals surface area contributed by atoms with E-state index in [1.807, 2.05) is 0 Å². The van der Waals surface area contributed by atoms with E-state index in [1.165, 1.54) is 10.1 Å². The van der Waals surface area contributed by atoms with Gasteiger partial charge in [0.05, 0.1) is 5.54 Å². The van der Waals surface area contributed by atoms with Crippen LogP contribution in [-0.2, 0) is 0 Å². The van der Waals surface area contributed by atoms with Crippen molar-refractivity contribution in [3.63, 3.8) is 0 Å². The molecular formula is C17H35N3O2. The van der Waals surface area contributed by atoms with Gasteiger partial charge in [0, 0.05) is 28.7 Å². The first kappa shape index (κ1) is 18.1. The van der Waals surface area contributed by atoms with Crippen LogP contribution in [0.5, 0.6) is 0 Å². The Bertz CT molecular complexity index is 414. The summed E-state index contributed by atoms with van der Waals surface area (Å²) in [5.74, 6) is 0. The molecule has 0 aromatic rings. The van der Waals surface area contributed by atoms with Crippen LogP contribution in [0.15, 0.2) is 0 Å². The van der Waals surface area contributed by atoms with Gasteiger partial charge in [0.15, 0.2) is 0 Å². The minimum absolute atomic E-state index is 0.218. The van der Waals surface area contributed by atoms with E-state index >= 15 is 0 Å². The molecule has 1 unspecified atom stereocenters. The summed E-state index contributed by atoms with van der Waals surface area (Å²) < 4.78 is 0. The Balaban J connectivity index is 2.15. The molecule has 0 aromatic heterocycles. The summed E-state index contributed by atoms with van der Waals surface area (Å²) in [4.78, 5) is 0. The second-order valence-electron chi connectivity index (χ2n) is 9.74. The molecule has 5 heteroatoms. The highest BCUT2D eigenvalue weighted by molar-refractivity contribution is 5.08. The third-order valence-electron chi connectivity index (χ3n) is 5.75. The average Bonchev–Trinajstić information content (AvgIpc) is 2.46. The van der Waals surface area contributed by atoms with Gasteiger partial charge in [0.1, 0.15) is 0 Å². The van der Waals surface area contributed by atoms with Gasteiger partial charge in [-0.3, -0.25) is 0 Å². The highest BCUT2D eigenvalue weighted by atomic mass is 16.5. The number of rotatable bonds is 2. The standard InChI is InChI=1S/C17H35N3O2/c1-14(2)9-12(10-15(3,4)19(14)21)18-13-11-16(5,6)20(22)17(13,7)8/h12-13,18,21-22H,9-11H2,1-8H3. The molecule has 3 N–H and O–H groups in total. The number of hydrogen-bond acceptors (Lipinski definition) is 5. The van der Waals surface area contributed by atoms with Gasteiger partial charge < -0.3 is 15.7 Å². The monoisotopic (exact) mass is 313 g/mol. The Kier molecular flexibility index (Phi) is 4.25. The second kappa shape index (κ2) is 5.15. The molecule has 1 atom stereocenters. The van der Waals surface area contributed by atoms with Gasteiger partial charge in [-0.2, -0.15) is 10.1 Å². The number of hydrogen-bond donors (Lipinski definition) is 3. The van der Waals surface area contributed by atoms with Crippen molar-refractivity contribution >= 4 is 0 Å². The highest BCUT2D eigenvalue weighted by Crippen LogP contribution is 2.41. The van der Waals surface area contributed by atoms with Crippen LogP contribution in [-0.4, -0.2) is 54.8 Å². The Hall–Kier alpha value is -0.200. The first-order valence-electron chi connectivity index (χ1n) is 8.45. The summed E-state index contributed by atoms with van der Waals surface area (Å²) >= 11 is 0. The molecule has 130 valence electrons. The fraction of sp³-hybridized carbons (Fsp3) is 1.00. The van der Waals surface area contributed by atoms with Crippen molar-refractivity contribution < 1.29 is 10.4 Å². The van der Waals surface area contributed by atoms with Crippen molar-refractivity contribution in [3.05, 3.63) is 0 Å². The second-order valence-corrected chi connectivity index (χ2v) is 9.74. The molecule has 5 nitrogen and oxygen atoms in total. The van der Waals surface area contributed by atoms with E-state index in [0.717, 1.165) is 19.3 Å². The molecule has 2 fully saturated rings. The fourth-order valence-electron chi connectivity index (χ4n) is 4.70. The zero-order valence-electron chi connectivity index (χ0n) is 15.6. The van der Waals surface area contributed by atoms with Gasteiger partial charge in [-0.15, -0.1) is 0 Å². The van der Waals surface area contributed by atoms with Crippen molar-refractivity contribution in [2.45, 2.75) is 109 Å². The average molecular weight is 313 g/mol. The van der Waals surface area contributed by atoms with Crippen LogP contribution in [0.3, 0.4) is 0 Å². The van der Waals surface area contributed by atoms with Crippen LogP contribution < -0.4 is 5.32 Å². The fourth-order valence-corrected chi connectivity index (χ4v) is 4.70. The summed E-state index contributed by atoms with van der Waals surface area (Å²) in [5.41, 5.74) is -1.02. The number of hydroxylamine groups is 4. The lowest BCUT2D eigenvalue weighted by Crippen LogP contribution is -2.64. The van der Waals surface area contributed by atoms with Crippen LogP contribution >= 0.6 is 0 Å². The molecule has 0 aromatic carbocycles. The topological polar surface area (TPSA) is 59.0 Å². The van der Waals surface area contributed by atoms with E-state index < -0.39 is 0 Å². The molecule has 0 bridgehead atoms. The molecule has 0 aliphatic carbocycles. The van der Waals surface area contributed by atoms with E-state index in [1.54, 1.807) is 0 Å². The van der Waals surface area contributed by atoms with Crippen LogP contribution in [0.2, 0.25) is 0 Å². The van der Waals surface area contributed by atoms with Crippen LogP contribution in [0.4, 0.5) is 0 Å². The van der Waals surface area contributed by atoms with E-state index in [4.69, 9.17) is 0 Å². The summed E-state index contributed by atoms with van der Waals surface area (Å²) in [5, 5.41) is 27.7. The number of nitrogens with zero attached hydrogens (tertiary/aromatic N) is 2. The van der Waals surface area contributed by atoms with Crippen LogP contribution in [0.25, 0.3) is 0 Å². The minimum atomic E-state index is -0.297. The largest absolute Gasteiger partial charge is 0.313 e. The molecule has 0 radical (unpaired) electrons. The Morgan fingerprint density at radius 1 is 0.727 bits per heavy atom. The molecule has 2 saturated heterocycles. The predicted octanol–water partition coefficient (Wildman–Crippen LogP) is 3.01. The number of piperidine rings is 1. The lowest BCUT2D eigenvalue weighted by atomic mass is 9.78. The predicted molar refractivity (Wildman–Crippen MR) is 88.1 cm³/mol. The van der Waals surface area contributed by atoms with Gasteiger partial charge in [-0.1, -0.05) is 0 Å². The summed E-state index contributed by atoms with van der Waals surface area (Å²) in [7, 11) is 0. The molecule has 2 aliphatic heterocycles. The third-order valence-corrected chi connectivity index (χ3v) is 5.75.